The molecule has 28 heavy (non-hydrogen) atoms. The molecule has 4 heteroatoms. The summed E-state index contributed by atoms with van der Waals surface area (Å²) in [5.74, 6) is 0.655. The van der Waals surface area contributed by atoms with Crippen molar-refractivity contribution in [3.05, 3.63) is 65.7 Å². The topological polar surface area (TPSA) is 49.4 Å². The molecule has 0 radical (unpaired) electrons. The molecule has 0 fully saturated rings. The maximum Gasteiger partial charge on any atom is 0.237 e. The smallest absolute Gasteiger partial charge is 0.237 e. The highest BCUT2D eigenvalue weighted by molar-refractivity contribution is 6.08. The van der Waals surface area contributed by atoms with Crippen LogP contribution in [0.3, 0.4) is 0 Å². The van der Waals surface area contributed by atoms with Crippen LogP contribution in [0.2, 0.25) is 0 Å². The highest BCUT2D eigenvalue weighted by Gasteiger charge is 2.49. The highest BCUT2D eigenvalue weighted by Crippen LogP contribution is 2.46. The summed E-state index contributed by atoms with van der Waals surface area (Å²) in [5, 5.41) is 3.01. The second-order valence-corrected chi connectivity index (χ2v) is 8.16. The second-order valence-electron chi connectivity index (χ2n) is 8.16. The Kier molecular flexibility index (Phi) is 6.18. The van der Waals surface area contributed by atoms with Crippen LogP contribution in [-0.4, -0.2) is 25.4 Å². The van der Waals surface area contributed by atoms with E-state index in [0.29, 0.717) is 31.7 Å². The Bertz CT molecular complexity index is 832. The molecule has 1 atom stereocenters. The molecule has 0 aliphatic carbocycles. The minimum Gasteiger partial charge on any atom is -0.356 e. The quantitative estimate of drug-likeness (QED) is 0.752. The lowest BCUT2D eigenvalue weighted by molar-refractivity contribution is -0.124. The maximum atomic E-state index is 13.4. The molecule has 148 valence electrons. The van der Waals surface area contributed by atoms with E-state index in [0.717, 1.165) is 23.2 Å². The molecule has 0 aromatic heterocycles. The summed E-state index contributed by atoms with van der Waals surface area (Å²) in [4.78, 5) is 27.6. The van der Waals surface area contributed by atoms with Crippen LogP contribution in [0.1, 0.15) is 44.2 Å². The number of hydrogen-bond donors (Lipinski definition) is 1. The van der Waals surface area contributed by atoms with Crippen molar-refractivity contribution in [2.45, 2.75) is 44.9 Å². The number of fused-ring (bicyclic) bond motifs is 1. The Morgan fingerprint density at radius 1 is 1.07 bits per heavy atom. The number of amides is 2. The second kappa shape index (κ2) is 8.59. The molecule has 0 unspecified atom stereocenters. The molecule has 1 aliphatic heterocycles. The Labute approximate surface area is 167 Å². The van der Waals surface area contributed by atoms with Gasteiger partial charge in [-0.25, -0.2) is 0 Å². The first-order valence-corrected chi connectivity index (χ1v) is 10.1. The first kappa shape index (κ1) is 20.1. The first-order chi connectivity index (χ1) is 13.4. The number of carbonyl (C=O) groups excluding carboxylic acids is 2. The van der Waals surface area contributed by atoms with Gasteiger partial charge < -0.3 is 10.2 Å². The molecule has 0 saturated carbocycles. The van der Waals surface area contributed by atoms with E-state index in [1.807, 2.05) is 49.5 Å². The van der Waals surface area contributed by atoms with Gasteiger partial charge in [0.05, 0.1) is 5.41 Å². The zero-order chi connectivity index (χ0) is 20.1. The van der Waals surface area contributed by atoms with Gasteiger partial charge in [-0.3, -0.25) is 9.59 Å². The van der Waals surface area contributed by atoms with Gasteiger partial charge in [-0.15, -0.1) is 0 Å². The van der Waals surface area contributed by atoms with E-state index >= 15 is 0 Å². The zero-order valence-corrected chi connectivity index (χ0v) is 17.1. The molecule has 4 nitrogen and oxygen atoms in total. The minimum atomic E-state index is -0.692. The van der Waals surface area contributed by atoms with Gasteiger partial charge in [0.15, 0.2) is 0 Å². The number of para-hydroxylation sites is 1. The predicted octanol–water partition coefficient (Wildman–Crippen LogP) is 4.09. The van der Waals surface area contributed by atoms with Crippen molar-refractivity contribution in [2.75, 3.05) is 18.5 Å². The fourth-order valence-electron chi connectivity index (χ4n) is 4.08. The van der Waals surface area contributed by atoms with Crippen LogP contribution in [0.4, 0.5) is 5.69 Å². The standard InChI is InChI=1S/C24H30N2O2/c1-18(2)14-16-25-22(27)13-15-24(17-19-9-5-4-6-10-19)20-11-7-8-12-21(20)26(3)23(24)28/h4-12,18H,13-17H2,1-3H3,(H,25,27)/t24-/m0/s1. The van der Waals surface area contributed by atoms with Crippen molar-refractivity contribution < 1.29 is 9.59 Å². The van der Waals surface area contributed by atoms with Gasteiger partial charge in [0.25, 0.3) is 0 Å². The largest absolute Gasteiger partial charge is 0.356 e. The summed E-state index contributed by atoms with van der Waals surface area (Å²) < 4.78 is 0. The fourth-order valence-corrected chi connectivity index (χ4v) is 4.08. The van der Waals surface area contributed by atoms with Gasteiger partial charge in [0.2, 0.25) is 11.8 Å². The molecule has 0 spiro atoms. The normalized spacial score (nSPS) is 18.4. The van der Waals surface area contributed by atoms with Gasteiger partial charge in [0, 0.05) is 25.7 Å². The number of nitrogens with one attached hydrogen (secondary N) is 1. The molecule has 0 saturated heterocycles. The summed E-state index contributed by atoms with van der Waals surface area (Å²) in [6, 6.07) is 18.0. The van der Waals surface area contributed by atoms with Crippen LogP contribution in [0.5, 0.6) is 0 Å². The van der Waals surface area contributed by atoms with Gasteiger partial charge in [-0.05, 0) is 42.4 Å². The molecule has 2 aromatic carbocycles. The third-order valence-electron chi connectivity index (χ3n) is 5.67. The number of carbonyl (C=O) groups is 2. The van der Waals surface area contributed by atoms with Crippen LogP contribution in [0, 0.1) is 5.92 Å². The van der Waals surface area contributed by atoms with Gasteiger partial charge in [0.1, 0.15) is 0 Å². The summed E-state index contributed by atoms with van der Waals surface area (Å²) in [6.45, 7) is 4.97. The molecule has 3 rings (SSSR count). The van der Waals surface area contributed by atoms with E-state index < -0.39 is 5.41 Å². The van der Waals surface area contributed by atoms with Crippen molar-refractivity contribution >= 4 is 17.5 Å². The Balaban J connectivity index is 1.84. The van der Waals surface area contributed by atoms with E-state index in [9.17, 15) is 9.59 Å². The van der Waals surface area contributed by atoms with E-state index in [-0.39, 0.29) is 11.8 Å². The maximum absolute atomic E-state index is 13.4. The highest BCUT2D eigenvalue weighted by atomic mass is 16.2. The number of nitrogens with zero attached hydrogens (tertiary/aromatic N) is 1. The molecule has 1 aliphatic rings. The lowest BCUT2D eigenvalue weighted by Gasteiger charge is -2.28. The molecule has 1 heterocycles. The molecular formula is C24H30N2O2. The number of benzene rings is 2. The average molecular weight is 379 g/mol. The van der Waals surface area contributed by atoms with Crippen molar-refractivity contribution in [2.24, 2.45) is 5.92 Å². The Morgan fingerprint density at radius 3 is 2.46 bits per heavy atom. The molecule has 0 bridgehead atoms. The van der Waals surface area contributed by atoms with Gasteiger partial charge >= 0.3 is 0 Å². The van der Waals surface area contributed by atoms with Gasteiger partial charge in [-0.2, -0.15) is 0 Å². The summed E-state index contributed by atoms with van der Waals surface area (Å²) in [5.41, 5.74) is 2.40. The van der Waals surface area contributed by atoms with Crippen molar-refractivity contribution in [1.82, 2.24) is 5.32 Å². The van der Waals surface area contributed by atoms with Crippen molar-refractivity contribution in [3.63, 3.8) is 0 Å². The van der Waals surface area contributed by atoms with E-state index in [1.54, 1.807) is 4.90 Å². The van der Waals surface area contributed by atoms with Gasteiger partial charge in [-0.1, -0.05) is 62.4 Å². The lowest BCUT2D eigenvalue weighted by atomic mass is 9.73. The summed E-state index contributed by atoms with van der Waals surface area (Å²) in [6.07, 6.45) is 2.42. The average Bonchev–Trinajstić information content (AvgIpc) is 2.90. The lowest BCUT2D eigenvalue weighted by Crippen LogP contribution is -2.41. The monoisotopic (exact) mass is 378 g/mol. The van der Waals surface area contributed by atoms with Crippen LogP contribution in [-0.2, 0) is 21.4 Å². The first-order valence-electron chi connectivity index (χ1n) is 10.1. The fraction of sp³-hybridized carbons (Fsp3) is 0.417. The number of rotatable bonds is 8. The van der Waals surface area contributed by atoms with Crippen LogP contribution in [0.25, 0.3) is 0 Å². The van der Waals surface area contributed by atoms with E-state index in [4.69, 9.17) is 0 Å². The third kappa shape index (κ3) is 4.11. The van der Waals surface area contributed by atoms with E-state index in [2.05, 4.69) is 31.3 Å². The predicted molar refractivity (Wildman–Crippen MR) is 113 cm³/mol. The van der Waals surface area contributed by atoms with E-state index in [1.165, 1.54) is 0 Å². The van der Waals surface area contributed by atoms with Crippen LogP contribution < -0.4 is 10.2 Å². The minimum absolute atomic E-state index is 0.0212. The Morgan fingerprint density at radius 2 is 1.75 bits per heavy atom. The van der Waals surface area contributed by atoms with Crippen LogP contribution in [0.15, 0.2) is 54.6 Å². The number of likely N-dealkylation sites (N-methyl/N-ethyl adjacent to an activating group) is 1. The number of anilines is 1. The molecule has 2 amide bonds. The molecule has 2 aromatic rings. The SMILES string of the molecule is CC(C)CCNC(=O)CC[C@@]1(Cc2ccccc2)C(=O)N(C)c2ccccc21. The van der Waals surface area contributed by atoms with Crippen molar-refractivity contribution in [3.8, 4) is 0 Å². The molecule has 1 N–H and O–H groups in total. The summed E-state index contributed by atoms with van der Waals surface area (Å²) in [7, 11) is 1.83. The number of hydrogen-bond acceptors (Lipinski definition) is 2. The third-order valence-corrected chi connectivity index (χ3v) is 5.67. The zero-order valence-electron chi connectivity index (χ0n) is 17.1. The van der Waals surface area contributed by atoms with Crippen molar-refractivity contribution in [1.29, 1.82) is 0 Å². The molecular weight excluding hydrogens is 348 g/mol. The van der Waals surface area contributed by atoms with Crippen LogP contribution >= 0.6 is 0 Å². The Hall–Kier alpha value is -2.62. The summed E-state index contributed by atoms with van der Waals surface area (Å²) >= 11 is 0.